The molecule has 0 radical (unpaired) electrons. The molecule has 2 aromatic carbocycles. The number of hydrogen-bond donors (Lipinski definition) is 1. The lowest BCUT2D eigenvalue weighted by atomic mass is 10.2. The van der Waals surface area contributed by atoms with Gasteiger partial charge in [0.2, 0.25) is 5.16 Å². The first kappa shape index (κ1) is 23.0. The highest BCUT2D eigenvalue weighted by Gasteiger charge is 2.10. The number of aromatic nitrogens is 4. The Kier molecular flexibility index (Phi) is 9.76. The maximum absolute atomic E-state index is 5.75. The third-order valence-corrected chi connectivity index (χ3v) is 5.06. The lowest BCUT2D eigenvalue weighted by molar-refractivity contribution is 0.307. The van der Waals surface area contributed by atoms with Crippen LogP contribution in [0.4, 0.5) is 0 Å². The minimum Gasteiger partial charge on any atom is -0.493 e. The second kappa shape index (κ2) is 12.3. The first-order chi connectivity index (χ1) is 13.8. The van der Waals surface area contributed by atoms with Crippen LogP contribution in [0.5, 0.6) is 11.5 Å². The van der Waals surface area contributed by atoms with Gasteiger partial charge in [-0.25, -0.2) is 0 Å². The number of halogens is 1. The van der Waals surface area contributed by atoms with Crippen LogP contribution in [0.15, 0.2) is 53.7 Å². The van der Waals surface area contributed by atoms with Gasteiger partial charge in [-0.05, 0) is 48.5 Å². The van der Waals surface area contributed by atoms with Crippen molar-refractivity contribution in [3.8, 4) is 17.2 Å². The molecule has 3 aromatic rings. The maximum atomic E-state index is 5.75. The van der Waals surface area contributed by atoms with Gasteiger partial charge < -0.3 is 14.8 Å². The summed E-state index contributed by atoms with van der Waals surface area (Å²) in [6, 6.07) is 15.9. The number of tetrazole rings is 1. The summed E-state index contributed by atoms with van der Waals surface area (Å²) in [5, 5.41) is 16.3. The second-order valence-electron chi connectivity index (χ2n) is 5.97. The Balaban J connectivity index is 0.00000300. The number of benzene rings is 2. The number of rotatable bonds is 11. The topological polar surface area (TPSA) is 74.1 Å². The fraction of sp³-hybridized carbons (Fsp3) is 0.350. The van der Waals surface area contributed by atoms with Gasteiger partial charge in [0.1, 0.15) is 0 Å². The van der Waals surface area contributed by atoms with Crippen LogP contribution in [-0.4, -0.2) is 46.2 Å². The van der Waals surface area contributed by atoms with Crippen LogP contribution >= 0.6 is 24.2 Å². The molecule has 0 saturated heterocycles. The van der Waals surface area contributed by atoms with Crippen LogP contribution in [-0.2, 0) is 6.54 Å². The summed E-state index contributed by atoms with van der Waals surface area (Å²) in [7, 11) is 1.66. The van der Waals surface area contributed by atoms with Gasteiger partial charge in [0.15, 0.2) is 11.5 Å². The number of thioether (sulfide) groups is 1. The molecule has 0 saturated carbocycles. The normalized spacial score (nSPS) is 10.4. The fourth-order valence-corrected chi connectivity index (χ4v) is 3.58. The number of methoxy groups -OCH3 is 1. The molecule has 3 rings (SSSR count). The Morgan fingerprint density at radius 1 is 1.10 bits per heavy atom. The number of para-hydroxylation sites is 2. The van der Waals surface area contributed by atoms with E-state index in [4.69, 9.17) is 9.47 Å². The molecule has 29 heavy (non-hydrogen) atoms. The van der Waals surface area contributed by atoms with Crippen LogP contribution in [0.2, 0.25) is 0 Å². The van der Waals surface area contributed by atoms with Crippen molar-refractivity contribution in [2.75, 3.05) is 26.0 Å². The van der Waals surface area contributed by atoms with E-state index in [1.165, 1.54) is 0 Å². The van der Waals surface area contributed by atoms with Crippen LogP contribution in [0.1, 0.15) is 18.9 Å². The van der Waals surface area contributed by atoms with Gasteiger partial charge in [0.05, 0.1) is 19.4 Å². The van der Waals surface area contributed by atoms with E-state index < -0.39 is 0 Å². The minimum atomic E-state index is 0. The van der Waals surface area contributed by atoms with Crippen molar-refractivity contribution in [1.29, 1.82) is 0 Å². The van der Waals surface area contributed by atoms with E-state index in [1.807, 2.05) is 49.4 Å². The van der Waals surface area contributed by atoms with Crippen molar-refractivity contribution in [2.45, 2.75) is 25.0 Å². The van der Waals surface area contributed by atoms with Crippen LogP contribution in [0, 0.1) is 0 Å². The van der Waals surface area contributed by atoms with E-state index in [2.05, 4.69) is 26.9 Å². The van der Waals surface area contributed by atoms with Gasteiger partial charge in [0.25, 0.3) is 0 Å². The molecular weight excluding hydrogens is 410 g/mol. The largest absolute Gasteiger partial charge is 0.493 e. The molecule has 0 aliphatic heterocycles. The number of nitrogens with zero attached hydrogens (tertiary/aromatic N) is 4. The van der Waals surface area contributed by atoms with E-state index in [1.54, 1.807) is 23.6 Å². The van der Waals surface area contributed by atoms with Crippen molar-refractivity contribution >= 4 is 24.2 Å². The Hall–Kier alpha value is -2.29. The van der Waals surface area contributed by atoms with E-state index in [0.717, 1.165) is 53.2 Å². The molecule has 0 amide bonds. The lowest BCUT2D eigenvalue weighted by Gasteiger charge is -2.14. The average Bonchev–Trinajstić information content (AvgIpc) is 3.21. The van der Waals surface area contributed by atoms with Gasteiger partial charge >= 0.3 is 0 Å². The molecule has 0 bridgehead atoms. The quantitative estimate of drug-likeness (QED) is 0.363. The monoisotopic (exact) mass is 435 g/mol. The lowest BCUT2D eigenvalue weighted by Crippen LogP contribution is -2.16. The van der Waals surface area contributed by atoms with Crippen LogP contribution in [0.25, 0.3) is 5.69 Å². The third-order valence-electron chi connectivity index (χ3n) is 4.06. The minimum absolute atomic E-state index is 0. The Bertz CT molecular complexity index is 863. The molecule has 0 atom stereocenters. The van der Waals surface area contributed by atoms with Crippen LogP contribution in [0.3, 0.4) is 0 Å². The highest BCUT2D eigenvalue weighted by Crippen LogP contribution is 2.31. The Labute approximate surface area is 181 Å². The average molecular weight is 436 g/mol. The molecule has 0 fully saturated rings. The molecule has 1 aromatic heterocycles. The van der Waals surface area contributed by atoms with E-state index in [-0.39, 0.29) is 12.4 Å². The molecule has 7 nitrogen and oxygen atoms in total. The van der Waals surface area contributed by atoms with Crippen molar-refractivity contribution < 1.29 is 9.47 Å². The van der Waals surface area contributed by atoms with Gasteiger partial charge in [-0.15, -0.1) is 17.5 Å². The summed E-state index contributed by atoms with van der Waals surface area (Å²) in [5.74, 6) is 2.51. The SMILES string of the molecule is CCOc1c(CNCCCSc2nnnn2-c2ccccc2)cccc1OC.Cl. The van der Waals surface area contributed by atoms with E-state index >= 15 is 0 Å². The maximum Gasteiger partial charge on any atom is 0.214 e. The first-order valence-electron chi connectivity index (χ1n) is 9.29. The van der Waals surface area contributed by atoms with E-state index in [0.29, 0.717) is 6.61 Å². The Morgan fingerprint density at radius 3 is 2.69 bits per heavy atom. The van der Waals surface area contributed by atoms with E-state index in [9.17, 15) is 0 Å². The Morgan fingerprint density at radius 2 is 1.93 bits per heavy atom. The summed E-state index contributed by atoms with van der Waals surface area (Å²) in [5.41, 5.74) is 2.07. The summed E-state index contributed by atoms with van der Waals surface area (Å²) in [4.78, 5) is 0. The zero-order chi connectivity index (χ0) is 19.6. The molecule has 0 unspecified atom stereocenters. The first-order valence-corrected chi connectivity index (χ1v) is 10.3. The molecule has 0 spiro atoms. The van der Waals surface area contributed by atoms with Crippen LogP contribution < -0.4 is 14.8 Å². The third kappa shape index (κ3) is 6.35. The van der Waals surface area contributed by atoms with Gasteiger partial charge in [-0.2, -0.15) is 4.68 Å². The zero-order valence-electron chi connectivity index (χ0n) is 16.6. The molecule has 1 N–H and O–H groups in total. The number of hydrogen-bond acceptors (Lipinski definition) is 7. The standard InChI is InChI=1S/C20H25N5O2S.ClH/c1-3-27-19-16(9-7-12-18(19)26-2)15-21-13-8-14-28-20-22-23-24-25(20)17-10-5-4-6-11-17;/h4-7,9-12,21H,3,8,13-15H2,1-2H3;1H. The van der Waals surface area contributed by atoms with Crippen molar-refractivity contribution in [3.05, 3.63) is 54.1 Å². The molecule has 1 heterocycles. The van der Waals surface area contributed by atoms with Crippen molar-refractivity contribution in [1.82, 2.24) is 25.5 Å². The molecular formula is C20H26ClN5O2S. The highest BCUT2D eigenvalue weighted by atomic mass is 35.5. The zero-order valence-corrected chi connectivity index (χ0v) is 18.2. The second-order valence-corrected chi connectivity index (χ2v) is 7.03. The molecule has 156 valence electrons. The van der Waals surface area contributed by atoms with Gasteiger partial charge in [-0.1, -0.05) is 42.1 Å². The molecule has 0 aliphatic rings. The van der Waals surface area contributed by atoms with Crippen molar-refractivity contribution in [2.24, 2.45) is 0 Å². The number of ether oxygens (including phenoxy) is 2. The molecule has 0 aliphatic carbocycles. The van der Waals surface area contributed by atoms with Crippen molar-refractivity contribution in [3.63, 3.8) is 0 Å². The predicted octanol–water partition coefficient (Wildman–Crippen LogP) is 3.76. The smallest absolute Gasteiger partial charge is 0.214 e. The fourth-order valence-electron chi connectivity index (χ4n) is 2.75. The van der Waals surface area contributed by atoms with Gasteiger partial charge in [-0.3, -0.25) is 0 Å². The highest BCUT2D eigenvalue weighted by molar-refractivity contribution is 7.99. The summed E-state index contributed by atoms with van der Waals surface area (Å²) in [6.07, 6.45) is 1.00. The summed E-state index contributed by atoms with van der Waals surface area (Å²) >= 11 is 1.65. The number of nitrogens with one attached hydrogen (secondary N) is 1. The van der Waals surface area contributed by atoms with Gasteiger partial charge in [0, 0.05) is 17.9 Å². The summed E-state index contributed by atoms with van der Waals surface area (Å²) < 4.78 is 12.9. The molecule has 9 heteroatoms. The summed E-state index contributed by atoms with van der Waals surface area (Å²) in [6.45, 7) is 4.21. The predicted molar refractivity (Wildman–Crippen MR) is 118 cm³/mol.